The lowest BCUT2D eigenvalue weighted by Gasteiger charge is -2.47. The van der Waals surface area contributed by atoms with Crippen LogP contribution in [0.15, 0.2) is 277 Å². The van der Waals surface area contributed by atoms with E-state index in [1.807, 2.05) is 0 Å². The quantitative estimate of drug-likeness (QED) is 0.155. The summed E-state index contributed by atoms with van der Waals surface area (Å²) in [6, 6.07) is 102. The van der Waals surface area contributed by atoms with Crippen molar-refractivity contribution in [3.05, 3.63) is 306 Å². The van der Waals surface area contributed by atoms with Gasteiger partial charge in [0.25, 0.3) is 0 Å². The van der Waals surface area contributed by atoms with E-state index in [9.17, 15) is 0 Å². The topological polar surface area (TPSA) is 32.1 Å². The molecule has 1 spiro atoms. The highest BCUT2D eigenvalue weighted by Crippen LogP contribution is 2.69. The first-order chi connectivity index (χ1) is 43.9. The fourth-order valence-electron chi connectivity index (χ4n) is 15.4. The molecule has 3 aliphatic rings. The van der Waals surface area contributed by atoms with Gasteiger partial charge in [-0.15, -0.1) is 0 Å². The van der Waals surface area contributed by atoms with Crippen LogP contribution < -0.4 is 19.4 Å². The molecule has 15 aromatic rings. The monoisotopic (exact) mass is 1160 g/mol. The molecule has 0 bridgehead atoms. The maximum atomic E-state index is 7.50. The lowest BCUT2D eigenvalue weighted by molar-refractivity contribution is 0.473. The summed E-state index contributed by atoms with van der Waals surface area (Å²) >= 11 is 0. The number of nitrogens with zero attached hydrogens (tertiary/aromatic N) is 3. The van der Waals surface area contributed by atoms with Crippen LogP contribution >= 0.6 is 0 Å². The van der Waals surface area contributed by atoms with Crippen LogP contribution in [0.4, 0.5) is 51.2 Å². The van der Waals surface area contributed by atoms with Crippen molar-refractivity contribution in [1.29, 1.82) is 0 Å². The Hall–Kier alpha value is -10.9. The molecule has 3 heterocycles. The van der Waals surface area contributed by atoms with Crippen LogP contribution in [0, 0.1) is 0 Å². The Labute approximate surface area is 523 Å². The molecule has 0 saturated carbocycles. The second-order valence-corrected chi connectivity index (χ2v) is 26.8. The van der Waals surface area contributed by atoms with Crippen molar-refractivity contribution < 1.29 is 9.15 Å². The number of benzene rings is 14. The second kappa shape index (κ2) is 19.1. The fourth-order valence-corrected chi connectivity index (χ4v) is 15.4. The molecule has 0 amide bonds. The molecule has 0 saturated heterocycles. The highest BCUT2D eigenvalue weighted by atomic mass is 16.5. The van der Waals surface area contributed by atoms with Crippen LogP contribution in [0.25, 0.3) is 76.2 Å². The van der Waals surface area contributed by atoms with E-state index in [2.05, 4.69) is 329 Å². The Morgan fingerprint density at radius 2 is 0.844 bits per heavy atom. The van der Waals surface area contributed by atoms with Gasteiger partial charge in [0.2, 0.25) is 0 Å². The van der Waals surface area contributed by atoms with Crippen molar-refractivity contribution in [3.8, 4) is 22.6 Å². The zero-order valence-electron chi connectivity index (χ0n) is 51.1. The number of para-hydroxylation sites is 5. The van der Waals surface area contributed by atoms with Gasteiger partial charge in [-0.2, -0.15) is 0 Å². The van der Waals surface area contributed by atoms with Crippen LogP contribution in [0.2, 0.25) is 0 Å². The first kappa shape index (κ1) is 52.3. The SMILES string of the molecule is CC(C)(C)c1ccc(N(c2ccc3c(c2)C2(c4ccccc4N4c5ccccc5Oc5cccc2c54)c2cc(N(c4ccc(C(C)(C)C)cc4)c4ccc5ccc6ccccc6c5c4)c4oc5ccccc5c4c2-3)c2ccc3ccc4ccccc4c3c2)cc1. The van der Waals surface area contributed by atoms with Crippen molar-refractivity contribution in [2.45, 2.75) is 57.8 Å². The standard InChI is InChI=1S/C85H63N3O2/c1-83(2,3)56-36-42-58(43-37-56)86(60-40-34-54-32-30-52-18-7-9-20-63(52)67(54)48-60)62-46-47-65-71(50-62)85(69-23-12-13-25-73(69)88-74-26-14-16-28-77(74)89-78-29-17-24-70(85)81(78)88)72-51-75(82-80(79(65)72)66-22-11-15-27-76(66)90-82)87(59-44-38-57(39-45-59)84(4,5)6)61-41-35-55-33-31-53-19-8-10-21-64(53)68(55)49-61/h7-51H,1-6H3. The van der Waals surface area contributed by atoms with Crippen LogP contribution in [0.5, 0.6) is 11.5 Å². The summed E-state index contributed by atoms with van der Waals surface area (Å²) in [5.41, 5.74) is 19.5. The molecule has 18 rings (SSSR count). The van der Waals surface area contributed by atoms with Crippen molar-refractivity contribution in [1.82, 2.24) is 0 Å². The normalized spacial score (nSPS) is 14.7. The molecule has 0 fully saturated rings. The summed E-state index contributed by atoms with van der Waals surface area (Å²) in [7, 11) is 0. The van der Waals surface area contributed by atoms with Gasteiger partial charge in [0.05, 0.1) is 28.2 Å². The average Bonchev–Trinajstić information content (AvgIpc) is 1.43. The van der Waals surface area contributed by atoms with Gasteiger partial charge in [0.1, 0.15) is 5.58 Å². The summed E-state index contributed by atoms with van der Waals surface area (Å²) in [5.74, 6) is 1.64. The molecule has 90 heavy (non-hydrogen) atoms. The van der Waals surface area contributed by atoms with Crippen molar-refractivity contribution in [3.63, 3.8) is 0 Å². The minimum Gasteiger partial charge on any atom is -0.454 e. The Kier molecular flexibility index (Phi) is 11.1. The van der Waals surface area contributed by atoms with Gasteiger partial charge in [-0.3, -0.25) is 0 Å². The van der Waals surface area contributed by atoms with Crippen LogP contribution in [-0.4, -0.2) is 0 Å². The number of furan rings is 1. The Bertz CT molecular complexity index is 5510. The molecule has 2 aliphatic heterocycles. The summed E-state index contributed by atoms with van der Waals surface area (Å²) < 4.78 is 14.6. The van der Waals surface area contributed by atoms with Crippen molar-refractivity contribution >= 4 is 116 Å². The smallest absolute Gasteiger partial charge is 0.160 e. The van der Waals surface area contributed by atoms with Crippen LogP contribution in [0.3, 0.4) is 0 Å². The highest BCUT2D eigenvalue weighted by Gasteiger charge is 2.55. The number of ether oxygens (including phenoxy) is 1. The van der Waals surface area contributed by atoms with E-state index in [-0.39, 0.29) is 10.8 Å². The lowest BCUT2D eigenvalue weighted by Crippen LogP contribution is -2.37. The Balaban J connectivity index is 0.976. The minimum absolute atomic E-state index is 0.0339. The molecule has 0 N–H and O–H groups in total. The van der Waals surface area contributed by atoms with E-state index in [0.29, 0.717) is 0 Å². The molecular formula is C85H63N3O2. The molecule has 0 radical (unpaired) electrons. The average molecular weight is 1160 g/mol. The number of anilines is 9. The molecule has 5 nitrogen and oxygen atoms in total. The maximum absolute atomic E-state index is 7.50. The predicted molar refractivity (Wildman–Crippen MR) is 376 cm³/mol. The Morgan fingerprint density at radius 1 is 0.356 bits per heavy atom. The van der Waals surface area contributed by atoms with Gasteiger partial charge in [0, 0.05) is 39.2 Å². The number of hydrogen-bond acceptors (Lipinski definition) is 5. The molecule has 430 valence electrons. The third-order valence-corrected chi connectivity index (χ3v) is 19.7. The predicted octanol–water partition coefficient (Wildman–Crippen LogP) is 24.0. The Morgan fingerprint density at radius 3 is 1.50 bits per heavy atom. The molecule has 14 aromatic carbocycles. The zero-order chi connectivity index (χ0) is 60.4. The fraction of sp³-hybridized carbons (Fsp3) is 0.106. The van der Waals surface area contributed by atoms with E-state index in [0.717, 1.165) is 101 Å². The van der Waals surface area contributed by atoms with Gasteiger partial charge >= 0.3 is 0 Å². The second-order valence-electron chi connectivity index (χ2n) is 26.8. The summed E-state index contributed by atoms with van der Waals surface area (Å²) in [4.78, 5) is 7.41. The van der Waals surface area contributed by atoms with E-state index in [1.165, 1.54) is 70.9 Å². The van der Waals surface area contributed by atoms with Gasteiger partial charge in [-0.25, -0.2) is 0 Å². The first-order valence-corrected chi connectivity index (χ1v) is 31.5. The summed E-state index contributed by atoms with van der Waals surface area (Å²) in [5, 5.41) is 11.8. The largest absolute Gasteiger partial charge is 0.454 e. The van der Waals surface area contributed by atoms with Crippen LogP contribution in [-0.2, 0) is 16.2 Å². The van der Waals surface area contributed by atoms with Crippen molar-refractivity contribution in [2.75, 3.05) is 14.7 Å². The minimum atomic E-state index is -0.932. The first-order valence-electron chi connectivity index (χ1n) is 31.5. The molecule has 5 heteroatoms. The molecule has 1 aromatic heterocycles. The molecule has 1 aliphatic carbocycles. The lowest BCUT2D eigenvalue weighted by atomic mass is 9.64. The van der Waals surface area contributed by atoms with Crippen molar-refractivity contribution in [2.24, 2.45) is 0 Å². The third-order valence-electron chi connectivity index (χ3n) is 19.7. The van der Waals surface area contributed by atoms with Crippen LogP contribution in [0.1, 0.15) is 74.9 Å². The maximum Gasteiger partial charge on any atom is 0.160 e. The van der Waals surface area contributed by atoms with Gasteiger partial charge in [-0.05, 0) is 195 Å². The van der Waals surface area contributed by atoms with E-state index in [4.69, 9.17) is 9.15 Å². The van der Waals surface area contributed by atoms with E-state index in [1.54, 1.807) is 0 Å². The van der Waals surface area contributed by atoms with Gasteiger partial charge < -0.3 is 23.9 Å². The molecule has 1 atom stereocenters. The highest BCUT2D eigenvalue weighted by molar-refractivity contribution is 6.21. The molecule has 1 unspecified atom stereocenters. The van der Waals surface area contributed by atoms with E-state index < -0.39 is 5.41 Å². The van der Waals surface area contributed by atoms with Gasteiger partial charge in [-0.1, -0.05) is 217 Å². The van der Waals surface area contributed by atoms with Gasteiger partial charge in [0.15, 0.2) is 17.1 Å². The van der Waals surface area contributed by atoms with E-state index >= 15 is 0 Å². The number of hydrogen-bond donors (Lipinski definition) is 0. The zero-order valence-corrected chi connectivity index (χ0v) is 51.1. The third kappa shape index (κ3) is 7.56. The number of rotatable bonds is 6. The summed E-state index contributed by atoms with van der Waals surface area (Å²) in [6.45, 7) is 13.7. The summed E-state index contributed by atoms with van der Waals surface area (Å²) in [6.07, 6.45) is 0. The number of fused-ring (bicyclic) bond motifs is 21. The molecular weight excluding hydrogens is 1090 g/mol.